The molecule has 2 heterocycles. The number of anilines is 1. The molecule has 2 aromatic rings. The Balaban J connectivity index is 2.01. The summed E-state index contributed by atoms with van der Waals surface area (Å²) >= 11 is 0. The average Bonchev–Trinajstić information content (AvgIpc) is 2.86. The van der Waals surface area contributed by atoms with Crippen molar-refractivity contribution in [2.75, 3.05) is 18.6 Å². The van der Waals surface area contributed by atoms with Crippen molar-refractivity contribution in [3.05, 3.63) is 29.8 Å². The molecule has 0 bridgehead atoms. The smallest absolute Gasteiger partial charge is 0.228 e. The number of carbonyl (C=O) groups excluding carboxylic acids is 1. The molecule has 0 radical (unpaired) electrons. The van der Waals surface area contributed by atoms with Crippen LogP contribution in [-0.2, 0) is 11.2 Å². The van der Waals surface area contributed by atoms with Crippen molar-refractivity contribution in [3.8, 4) is 5.75 Å². The van der Waals surface area contributed by atoms with E-state index >= 15 is 0 Å². The SMILES string of the molecule is COc1ccc2cc3c(nc2c1)N(C(=O)CC(C)C)CC3. The molecule has 110 valence electrons. The summed E-state index contributed by atoms with van der Waals surface area (Å²) in [5, 5.41) is 1.09. The normalized spacial score (nSPS) is 13.8. The van der Waals surface area contributed by atoms with E-state index in [4.69, 9.17) is 9.72 Å². The molecule has 4 nitrogen and oxygen atoms in total. The summed E-state index contributed by atoms with van der Waals surface area (Å²) in [6.07, 6.45) is 1.45. The number of hydrogen-bond donors (Lipinski definition) is 0. The molecule has 0 saturated heterocycles. The first kappa shape index (κ1) is 13.9. The van der Waals surface area contributed by atoms with Gasteiger partial charge in [0.15, 0.2) is 0 Å². The van der Waals surface area contributed by atoms with Crippen molar-refractivity contribution in [1.82, 2.24) is 4.98 Å². The van der Waals surface area contributed by atoms with Gasteiger partial charge in [-0.2, -0.15) is 0 Å². The van der Waals surface area contributed by atoms with Gasteiger partial charge in [0.25, 0.3) is 0 Å². The van der Waals surface area contributed by atoms with Gasteiger partial charge in [0.2, 0.25) is 5.91 Å². The first-order valence-corrected chi connectivity index (χ1v) is 7.36. The number of nitrogens with zero attached hydrogens (tertiary/aromatic N) is 2. The van der Waals surface area contributed by atoms with Crippen LogP contribution in [0, 0.1) is 5.92 Å². The van der Waals surface area contributed by atoms with E-state index in [0.717, 1.165) is 41.0 Å². The molecule has 0 saturated carbocycles. The largest absolute Gasteiger partial charge is 0.497 e. The standard InChI is InChI=1S/C17H20N2O2/c1-11(2)8-16(20)19-7-6-13-9-12-4-5-14(21-3)10-15(12)18-17(13)19/h4-5,9-11H,6-8H2,1-3H3. The number of ether oxygens (including phenoxy) is 1. The van der Waals surface area contributed by atoms with Crippen molar-refractivity contribution in [2.45, 2.75) is 26.7 Å². The number of carbonyl (C=O) groups is 1. The highest BCUT2D eigenvalue weighted by Gasteiger charge is 2.26. The summed E-state index contributed by atoms with van der Waals surface area (Å²) in [6.45, 7) is 4.86. The average molecular weight is 284 g/mol. The van der Waals surface area contributed by atoms with Crippen molar-refractivity contribution in [2.24, 2.45) is 5.92 Å². The topological polar surface area (TPSA) is 42.4 Å². The number of pyridine rings is 1. The minimum Gasteiger partial charge on any atom is -0.497 e. The first-order chi connectivity index (χ1) is 10.1. The Morgan fingerprint density at radius 3 is 2.90 bits per heavy atom. The van der Waals surface area contributed by atoms with Gasteiger partial charge in [-0.1, -0.05) is 13.8 Å². The maximum absolute atomic E-state index is 12.3. The minimum atomic E-state index is 0.165. The van der Waals surface area contributed by atoms with Gasteiger partial charge in [0, 0.05) is 24.4 Å². The van der Waals surface area contributed by atoms with E-state index < -0.39 is 0 Å². The van der Waals surface area contributed by atoms with Gasteiger partial charge in [-0.25, -0.2) is 4.98 Å². The molecule has 0 spiro atoms. The molecule has 1 aromatic carbocycles. The van der Waals surface area contributed by atoms with Crippen molar-refractivity contribution in [1.29, 1.82) is 0 Å². The number of aromatic nitrogens is 1. The third kappa shape index (κ3) is 2.58. The van der Waals surface area contributed by atoms with E-state index in [-0.39, 0.29) is 5.91 Å². The summed E-state index contributed by atoms with van der Waals surface area (Å²) in [7, 11) is 1.65. The number of fused-ring (bicyclic) bond motifs is 2. The molecule has 1 aromatic heterocycles. The van der Waals surface area contributed by atoms with Gasteiger partial charge >= 0.3 is 0 Å². The summed E-state index contributed by atoms with van der Waals surface area (Å²) < 4.78 is 5.25. The highest BCUT2D eigenvalue weighted by Crippen LogP contribution is 2.31. The van der Waals surface area contributed by atoms with Crippen LogP contribution in [0.5, 0.6) is 5.75 Å². The fourth-order valence-electron chi connectivity index (χ4n) is 2.77. The second kappa shape index (κ2) is 5.35. The predicted molar refractivity (Wildman–Crippen MR) is 83.8 cm³/mol. The lowest BCUT2D eigenvalue weighted by molar-refractivity contribution is -0.119. The lowest BCUT2D eigenvalue weighted by Crippen LogP contribution is -2.30. The minimum absolute atomic E-state index is 0.165. The van der Waals surface area contributed by atoms with E-state index in [2.05, 4.69) is 19.9 Å². The Morgan fingerprint density at radius 1 is 1.38 bits per heavy atom. The zero-order valence-corrected chi connectivity index (χ0v) is 12.7. The fraction of sp³-hybridized carbons (Fsp3) is 0.412. The van der Waals surface area contributed by atoms with Crippen LogP contribution in [0.4, 0.5) is 5.82 Å². The van der Waals surface area contributed by atoms with Gasteiger partial charge in [0.05, 0.1) is 12.6 Å². The second-order valence-electron chi connectivity index (χ2n) is 5.92. The number of hydrogen-bond acceptors (Lipinski definition) is 3. The van der Waals surface area contributed by atoms with Crippen molar-refractivity contribution >= 4 is 22.6 Å². The van der Waals surface area contributed by atoms with Crippen LogP contribution < -0.4 is 9.64 Å². The molecule has 0 aliphatic carbocycles. The Morgan fingerprint density at radius 2 is 2.19 bits per heavy atom. The highest BCUT2D eigenvalue weighted by molar-refractivity contribution is 5.96. The molecular formula is C17H20N2O2. The zero-order chi connectivity index (χ0) is 15.0. The Labute approximate surface area is 124 Å². The van der Waals surface area contributed by atoms with Crippen LogP contribution in [0.15, 0.2) is 24.3 Å². The lowest BCUT2D eigenvalue weighted by atomic mass is 10.1. The molecule has 3 rings (SSSR count). The number of benzene rings is 1. The molecule has 0 fully saturated rings. The lowest BCUT2D eigenvalue weighted by Gasteiger charge is -2.18. The summed E-state index contributed by atoms with van der Waals surface area (Å²) in [6, 6.07) is 8.01. The number of rotatable bonds is 3. The quantitative estimate of drug-likeness (QED) is 0.869. The number of amides is 1. The van der Waals surface area contributed by atoms with E-state index in [1.54, 1.807) is 7.11 Å². The van der Waals surface area contributed by atoms with Gasteiger partial charge in [-0.3, -0.25) is 9.69 Å². The summed E-state index contributed by atoms with van der Waals surface area (Å²) in [5.74, 6) is 2.13. The van der Waals surface area contributed by atoms with Crippen LogP contribution in [0.1, 0.15) is 25.8 Å². The third-order valence-electron chi connectivity index (χ3n) is 3.83. The molecule has 0 N–H and O–H groups in total. The maximum Gasteiger partial charge on any atom is 0.228 e. The van der Waals surface area contributed by atoms with Gasteiger partial charge in [-0.05, 0) is 36.1 Å². The Hall–Kier alpha value is -2.10. The van der Waals surface area contributed by atoms with Gasteiger partial charge in [-0.15, -0.1) is 0 Å². The highest BCUT2D eigenvalue weighted by atomic mass is 16.5. The van der Waals surface area contributed by atoms with Crippen LogP contribution in [0.2, 0.25) is 0 Å². The molecule has 1 aliphatic rings. The van der Waals surface area contributed by atoms with Crippen LogP contribution in [0.25, 0.3) is 10.9 Å². The molecular weight excluding hydrogens is 264 g/mol. The molecule has 21 heavy (non-hydrogen) atoms. The predicted octanol–water partition coefficient (Wildman–Crippen LogP) is 3.18. The first-order valence-electron chi connectivity index (χ1n) is 7.36. The van der Waals surface area contributed by atoms with Gasteiger partial charge < -0.3 is 4.74 Å². The Kier molecular flexibility index (Phi) is 3.53. The van der Waals surface area contributed by atoms with Crippen LogP contribution in [0.3, 0.4) is 0 Å². The molecule has 0 unspecified atom stereocenters. The third-order valence-corrected chi connectivity index (χ3v) is 3.83. The van der Waals surface area contributed by atoms with Crippen LogP contribution >= 0.6 is 0 Å². The van der Waals surface area contributed by atoms with E-state index in [1.165, 1.54) is 0 Å². The Bertz CT molecular complexity index is 694. The zero-order valence-electron chi connectivity index (χ0n) is 12.7. The van der Waals surface area contributed by atoms with E-state index in [0.29, 0.717) is 12.3 Å². The molecule has 1 amide bonds. The van der Waals surface area contributed by atoms with Crippen LogP contribution in [-0.4, -0.2) is 24.5 Å². The number of methoxy groups -OCH3 is 1. The molecule has 4 heteroatoms. The maximum atomic E-state index is 12.3. The molecule has 1 aliphatic heterocycles. The van der Waals surface area contributed by atoms with E-state index in [9.17, 15) is 4.79 Å². The van der Waals surface area contributed by atoms with E-state index in [1.807, 2.05) is 23.1 Å². The van der Waals surface area contributed by atoms with Gasteiger partial charge in [0.1, 0.15) is 11.6 Å². The fourth-order valence-corrected chi connectivity index (χ4v) is 2.77. The summed E-state index contributed by atoms with van der Waals surface area (Å²) in [5.41, 5.74) is 2.03. The second-order valence-corrected chi connectivity index (χ2v) is 5.92. The molecule has 0 atom stereocenters. The van der Waals surface area contributed by atoms with Crippen molar-refractivity contribution < 1.29 is 9.53 Å². The monoisotopic (exact) mass is 284 g/mol. The summed E-state index contributed by atoms with van der Waals surface area (Å²) in [4.78, 5) is 18.9. The van der Waals surface area contributed by atoms with Crippen molar-refractivity contribution in [3.63, 3.8) is 0 Å².